The molecule has 4 aromatic rings. The monoisotopic (exact) mass is 424 g/mol. The Morgan fingerprint density at radius 3 is 2.28 bits per heavy atom. The van der Waals surface area contributed by atoms with Crippen LogP contribution >= 0.6 is 11.6 Å². The molecule has 0 saturated carbocycles. The molecule has 0 saturated heterocycles. The Bertz CT molecular complexity index is 1250. The van der Waals surface area contributed by atoms with Crippen LogP contribution in [0.3, 0.4) is 0 Å². The van der Waals surface area contributed by atoms with Crippen molar-refractivity contribution in [3.63, 3.8) is 0 Å². The zero-order chi connectivity index (χ0) is 20.3. The molecule has 0 atom stereocenters. The average Bonchev–Trinajstić information content (AvgIpc) is 2.74. The molecule has 0 aliphatic heterocycles. The van der Waals surface area contributed by atoms with E-state index in [-0.39, 0.29) is 16.6 Å². The second-order valence-electron chi connectivity index (χ2n) is 6.47. The summed E-state index contributed by atoms with van der Waals surface area (Å²) in [6.45, 7) is 0.379. The van der Waals surface area contributed by atoms with Crippen LogP contribution in [0.5, 0.6) is 0 Å². The molecule has 146 valence electrons. The number of para-hydroxylation sites is 2. The van der Waals surface area contributed by atoms with E-state index < -0.39 is 9.84 Å². The predicted molar refractivity (Wildman–Crippen MR) is 113 cm³/mol. The van der Waals surface area contributed by atoms with E-state index >= 15 is 0 Å². The van der Waals surface area contributed by atoms with E-state index in [0.29, 0.717) is 28.2 Å². The lowest BCUT2D eigenvalue weighted by Gasteiger charge is -2.12. The highest BCUT2D eigenvalue weighted by atomic mass is 35.5. The van der Waals surface area contributed by atoms with Crippen LogP contribution in [-0.4, -0.2) is 23.4 Å². The van der Waals surface area contributed by atoms with Crippen molar-refractivity contribution in [2.24, 2.45) is 0 Å². The van der Waals surface area contributed by atoms with Gasteiger partial charge in [0.25, 0.3) is 0 Å². The molecule has 0 radical (unpaired) electrons. The Morgan fingerprint density at radius 2 is 1.59 bits per heavy atom. The Kier molecular flexibility index (Phi) is 5.42. The first kappa shape index (κ1) is 19.3. The standard InChI is InChI=1S/C21H17ClN4O2S/c22-17-9-7-15(8-10-17)14-29(27,28)21-20(24-13-16-4-3-11-23-12-16)25-18-5-1-2-6-19(18)26-21/h1-12H,13-14H2,(H,24,25). The van der Waals surface area contributed by atoms with E-state index in [4.69, 9.17) is 11.6 Å². The number of nitrogens with one attached hydrogen (secondary N) is 1. The first-order valence-electron chi connectivity index (χ1n) is 8.88. The molecule has 6 nitrogen and oxygen atoms in total. The van der Waals surface area contributed by atoms with Crippen LogP contribution in [0.1, 0.15) is 11.1 Å². The number of benzene rings is 2. The molecule has 0 bridgehead atoms. The van der Waals surface area contributed by atoms with Crippen LogP contribution in [-0.2, 0) is 22.1 Å². The lowest BCUT2D eigenvalue weighted by molar-refractivity contribution is 0.592. The smallest absolute Gasteiger partial charge is 0.203 e. The molecule has 0 spiro atoms. The maximum Gasteiger partial charge on any atom is 0.203 e. The van der Waals surface area contributed by atoms with Gasteiger partial charge in [0.1, 0.15) is 0 Å². The summed E-state index contributed by atoms with van der Waals surface area (Å²) in [4.78, 5) is 13.0. The summed E-state index contributed by atoms with van der Waals surface area (Å²) in [6, 6.07) is 17.6. The van der Waals surface area contributed by atoms with Crippen LogP contribution in [0.15, 0.2) is 78.1 Å². The van der Waals surface area contributed by atoms with Crippen LogP contribution in [0.4, 0.5) is 5.82 Å². The summed E-state index contributed by atoms with van der Waals surface area (Å²) < 4.78 is 26.3. The quantitative estimate of drug-likeness (QED) is 0.497. The van der Waals surface area contributed by atoms with Gasteiger partial charge in [-0.05, 0) is 41.5 Å². The highest BCUT2D eigenvalue weighted by molar-refractivity contribution is 7.90. The van der Waals surface area contributed by atoms with Crippen LogP contribution in [0.25, 0.3) is 11.0 Å². The van der Waals surface area contributed by atoms with Crippen molar-refractivity contribution in [3.05, 3.63) is 89.2 Å². The predicted octanol–water partition coefficient (Wildman–Crippen LogP) is 4.26. The average molecular weight is 425 g/mol. The molecule has 0 aliphatic carbocycles. The van der Waals surface area contributed by atoms with Crippen molar-refractivity contribution in [1.82, 2.24) is 15.0 Å². The first-order valence-corrected chi connectivity index (χ1v) is 10.9. The minimum Gasteiger partial charge on any atom is -0.364 e. The fraction of sp³-hybridized carbons (Fsp3) is 0.0952. The Balaban J connectivity index is 1.73. The summed E-state index contributed by atoms with van der Waals surface area (Å²) >= 11 is 5.90. The van der Waals surface area contributed by atoms with Gasteiger partial charge in [-0.3, -0.25) is 4.98 Å². The summed E-state index contributed by atoms with van der Waals surface area (Å²) in [5, 5.41) is 3.59. The molecule has 1 N–H and O–H groups in total. The summed E-state index contributed by atoms with van der Waals surface area (Å²) in [5.74, 6) is 0.0280. The molecule has 2 heterocycles. The second-order valence-corrected chi connectivity index (χ2v) is 8.81. The second kappa shape index (κ2) is 8.14. The molecule has 2 aromatic carbocycles. The number of rotatable bonds is 6. The zero-order valence-corrected chi connectivity index (χ0v) is 16.9. The van der Waals surface area contributed by atoms with Gasteiger partial charge in [0.05, 0.1) is 16.8 Å². The fourth-order valence-electron chi connectivity index (χ4n) is 2.87. The minimum absolute atomic E-state index is 0.0740. The molecule has 8 heteroatoms. The van der Waals surface area contributed by atoms with E-state index in [0.717, 1.165) is 5.56 Å². The van der Waals surface area contributed by atoms with Gasteiger partial charge >= 0.3 is 0 Å². The number of hydrogen-bond acceptors (Lipinski definition) is 6. The molecule has 0 aliphatic rings. The third-order valence-electron chi connectivity index (χ3n) is 4.29. The van der Waals surface area contributed by atoms with Gasteiger partial charge in [-0.15, -0.1) is 0 Å². The summed E-state index contributed by atoms with van der Waals surface area (Å²) in [5.41, 5.74) is 2.67. The lowest BCUT2D eigenvalue weighted by Crippen LogP contribution is -2.13. The van der Waals surface area contributed by atoms with E-state index in [2.05, 4.69) is 20.3 Å². The normalized spacial score (nSPS) is 11.5. The fourth-order valence-corrected chi connectivity index (χ4v) is 4.42. The number of pyridine rings is 1. The van der Waals surface area contributed by atoms with Crippen LogP contribution in [0, 0.1) is 0 Å². The van der Waals surface area contributed by atoms with E-state index in [1.807, 2.05) is 18.2 Å². The van der Waals surface area contributed by atoms with Crippen molar-refractivity contribution in [1.29, 1.82) is 0 Å². The maximum atomic E-state index is 13.2. The number of halogens is 1. The lowest BCUT2D eigenvalue weighted by atomic mass is 10.2. The zero-order valence-electron chi connectivity index (χ0n) is 15.3. The molecule has 0 fully saturated rings. The largest absolute Gasteiger partial charge is 0.364 e. The molecule has 29 heavy (non-hydrogen) atoms. The van der Waals surface area contributed by atoms with Gasteiger partial charge < -0.3 is 5.32 Å². The van der Waals surface area contributed by atoms with Crippen molar-refractivity contribution in [2.45, 2.75) is 17.3 Å². The van der Waals surface area contributed by atoms with E-state index in [9.17, 15) is 8.42 Å². The van der Waals surface area contributed by atoms with Crippen molar-refractivity contribution < 1.29 is 8.42 Å². The van der Waals surface area contributed by atoms with Gasteiger partial charge in [0.15, 0.2) is 10.8 Å². The number of anilines is 1. The van der Waals surface area contributed by atoms with Gasteiger partial charge in [0, 0.05) is 24.0 Å². The number of sulfone groups is 1. The van der Waals surface area contributed by atoms with Crippen molar-refractivity contribution >= 4 is 38.3 Å². The van der Waals surface area contributed by atoms with Gasteiger partial charge in [-0.25, -0.2) is 18.4 Å². The van der Waals surface area contributed by atoms with Crippen molar-refractivity contribution in [3.8, 4) is 0 Å². The molecule has 0 amide bonds. The highest BCUT2D eigenvalue weighted by Gasteiger charge is 2.23. The minimum atomic E-state index is -3.75. The number of nitrogens with zero attached hydrogens (tertiary/aromatic N) is 3. The molecule has 0 unspecified atom stereocenters. The van der Waals surface area contributed by atoms with Crippen LogP contribution in [0.2, 0.25) is 5.02 Å². The third kappa shape index (κ3) is 4.52. The Labute approximate surface area is 173 Å². The number of aromatic nitrogens is 3. The molecular weight excluding hydrogens is 408 g/mol. The molecule has 4 rings (SSSR count). The Morgan fingerprint density at radius 1 is 0.862 bits per heavy atom. The SMILES string of the molecule is O=S(=O)(Cc1ccc(Cl)cc1)c1nc2ccccc2nc1NCc1cccnc1. The summed E-state index contributed by atoms with van der Waals surface area (Å²) in [6.07, 6.45) is 3.39. The van der Waals surface area contributed by atoms with Gasteiger partial charge in [-0.2, -0.15) is 0 Å². The number of hydrogen-bond donors (Lipinski definition) is 1. The van der Waals surface area contributed by atoms with Crippen LogP contribution < -0.4 is 5.32 Å². The van der Waals surface area contributed by atoms with E-state index in [1.165, 1.54) is 0 Å². The molecular formula is C21H17ClN4O2S. The third-order valence-corrected chi connectivity index (χ3v) is 6.13. The maximum absolute atomic E-state index is 13.2. The highest BCUT2D eigenvalue weighted by Crippen LogP contribution is 2.25. The topological polar surface area (TPSA) is 84.8 Å². The first-order chi connectivity index (χ1) is 14.0. The van der Waals surface area contributed by atoms with Gasteiger partial charge in [-0.1, -0.05) is 41.9 Å². The van der Waals surface area contributed by atoms with E-state index in [1.54, 1.807) is 54.9 Å². The molecule has 2 aromatic heterocycles. The Hall–Kier alpha value is -3.03. The number of fused-ring (bicyclic) bond motifs is 1. The van der Waals surface area contributed by atoms with Gasteiger partial charge in [0.2, 0.25) is 9.84 Å². The van der Waals surface area contributed by atoms with Crippen molar-refractivity contribution in [2.75, 3.05) is 5.32 Å². The summed E-state index contributed by atoms with van der Waals surface area (Å²) in [7, 11) is -3.75.